The first kappa shape index (κ1) is 13.1. The van der Waals surface area contributed by atoms with Gasteiger partial charge in [0, 0.05) is 11.8 Å². The molecule has 20 heavy (non-hydrogen) atoms. The number of thiazole rings is 1. The number of aryl methyl sites for hydroxylation is 1. The van der Waals surface area contributed by atoms with Crippen LogP contribution in [0.5, 0.6) is 0 Å². The van der Waals surface area contributed by atoms with Gasteiger partial charge in [0.2, 0.25) is 0 Å². The molecule has 0 aliphatic carbocycles. The smallest absolute Gasteiger partial charge is 0.188 e. The highest BCUT2D eigenvalue weighted by Gasteiger charge is 2.22. The Morgan fingerprint density at radius 3 is 2.90 bits per heavy atom. The predicted octanol–water partition coefficient (Wildman–Crippen LogP) is 4.15. The lowest BCUT2D eigenvalue weighted by atomic mass is 10.0. The van der Waals surface area contributed by atoms with Crippen LogP contribution in [-0.2, 0) is 0 Å². The Kier molecular flexibility index (Phi) is 3.19. The highest BCUT2D eigenvalue weighted by molar-refractivity contribution is 7.15. The summed E-state index contributed by atoms with van der Waals surface area (Å²) in [7, 11) is 0. The summed E-state index contributed by atoms with van der Waals surface area (Å²) in [5.74, 6) is -0.0342. The number of rotatable bonds is 2. The molecule has 0 saturated carbocycles. The number of nitrogens with zero attached hydrogens (tertiary/aromatic N) is 2. The van der Waals surface area contributed by atoms with Gasteiger partial charge in [0.25, 0.3) is 0 Å². The summed E-state index contributed by atoms with van der Waals surface area (Å²) >= 11 is 7.23. The second-order valence-corrected chi connectivity index (χ2v) is 5.76. The van der Waals surface area contributed by atoms with Gasteiger partial charge >= 0.3 is 0 Å². The second kappa shape index (κ2) is 4.88. The molecule has 0 spiro atoms. The van der Waals surface area contributed by atoms with Crippen molar-refractivity contribution in [2.24, 2.45) is 0 Å². The van der Waals surface area contributed by atoms with E-state index in [0.29, 0.717) is 11.3 Å². The summed E-state index contributed by atoms with van der Waals surface area (Å²) in [5, 5.41) is 4.61. The first-order valence-corrected chi connectivity index (χ1v) is 6.89. The molecule has 0 unspecified atom stereocenters. The molecule has 0 fully saturated rings. The number of nitrogens with two attached hydrogens (primary N) is 1. The Labute approximate surface area is 123 Å². The lowest BCUT2D eigenvalue weighted by molar-refractivity contribution is 0.437. The molecule has 3 rings (SSSR count). The van der Waals surface area contributed by atoms with Gasteiger partial charge in [-0.1, -0.05) is 28.9 Å². The normalized spacial score (nSPS) is 10.9. The van der Waals surface area contributed by atoms with Gasteiger partial charge in [0.05, 0.1) is 20.5 Å². The highest BCUT2D eigenvalue weighted by Crippen LogP contribution is 2.40. The van der Waals surface area contributed by atoms with E-state index < -0.39 is 5.82 Å². The molecule has 3 aromatic rings. The molecule has 4 nitrogen and oxygen atoms in total. The first-order chi connectivity index (χ1) is 9.58. The van der Waals surface area contributed by atoms with Crippen molar-refractivity contribution in [2.45, 2.75) is 6.92 Å². The maximum atomic E-state index is 14.2. The van der Waals surface area contributed by atoms with Gasteiger partial charge in [-0.2, -0.15) is 0 Å². The third kappa shape index (κ3) is 2.07. The van der Waals surface area contributed by atoms with Crippen LogP contribution in [0.25, 0.3) is 21.8 Å². The fourth-order valence-electron chi connectivity index (χ4n) is 1.89. The predicted molar refractivity (Wildman–Crippen MR) is 77.2 cm³/mol. The van der Waals surface area contributed by atoms with Gasteiger partial charge in [0.1, 0.15) is 5.82 Å². The molecular weight excluding hydrogens is 301 g/mol. The van der Waals surface area contributed by atoms with Crippen molar-refractivity contribution in [3.63, 3.8) is 0 Å². The molecule has 0 amide bonds. The van der Waals surface area contributed by atoms with Crippen molar-refractivity contribution in [3.05, 3.63) is 40.2 Å². The van der Waals surface area contributed by atoms with Gasteiger partial charge in [-0.3, -0.25) is 0 Å². The third-order valence-electron chi connectivity index (χ3n) is 2.78. The molecule has 0 saturated heterocycles. The van der Waals surface area contributed by atoms with Crippen LogP contribution in [0.1, 0.15) is 5.01 Å². The summed E-state index contributed by atoms with van der Waals surface area (Å²) in [6.07, 6.45) is 1.64. The molecule has 0 radical (unpaired) electrons. The average Bonchev–Trinajstić information content (AvgIpc) is 2.99. The molecule has 7 heteroatoms. The van der Waals surface area contributed by atoms with Crippen LogP contribution in [0.2, 0.25) is 5.02 Å². The second-order valence-electron chi connectivity index (χ2n) is 4.12. The zero-order valence-electron chi connectivity index (χ0n) is 10.4. The maximum Gasteiger partial charge on any atom is 0.188 e. The lowest BCUT2D eigenvalue weighted by Crippen LogP contribution is -1.91. The van der Waals surface area contributed by atoms with Crippen molar-refractivity contribution in [1.82, 2.24) is 10.1 Å². The molecule has 102 valence electrons. The van der Waals surface area contributed by atoms with E-state index in [4.69, 9.17) is 21.9 Å². The summed E-state index contributed by atoms with van der Waals surface area (Å²) in [6, 6.07) is 4.71. The van der Waals surface area contributed by atoms with Gasteiger partial charge in [-0.05, 0) is 13.0 Å². The van der Waals surface area contributed by atoms with Crippen molar-refractivity contribution >= 4 is 28.8 Å². The molecule has 2 aromatic heterocycles. The van der Waals surface area contributed by atoms with E-state index in [1.165, 1.54) is 17.4 Å². The minimum absolute atomic E-state index is 0.0227. The number of benzene rings is 1. The fraction of sp³-hybridized carbons (Fsp3) is 0.0769. The summed E-state index contributed by atoms with van der Waals surface area (Å²) in [4.78, 5) is 4.88. The van der Waals surface area contributed by atoms with E-state index >= 15 is 0 Å². The topological polar surface area (TPSA) is 64.9 Å². The molecular formula is C13H9ClFN3OS. The number of halogens is 2. The Bertz CT molecular complexity index is 784. The van der Waals surface area contributed by atoms with E-state index in [0.717, 1.165) is 9.88 Å². The standard InChI is InChI=1S/C13H9ClFN3OS/c1-6-17-5-9(20-6)12-10(13(16)18-19-12)7-3-2-4-8(14)11(7)15/h2-5H,1H3,(H2,16,18). The van der Waals surface area contributed by atoms with Crippen LogP contribution in [-0.4, -0.2) is 10.1 Å². The molecule has 0 atom stereocenters. The average molecular weight is 310 g/mol. The van der Waals surface area contributed by atoms with Crippen molar-refractivity contribution < 1.29 is 8.91 Å². The Hall–Kier alpha value is -1.92. The molecule has 1 aromatic carbocycles. The van der Waals surface area contributed by atoms with E-state index in [1.54, 1.807) is 18.3 Å². The fourth-order valence-corrected chi connectivity index (χ4v) is 2.83. The monoisotopic (exact) mass is 309 g/mol. The van der Waals surface area contributed by atoms with Crippen LogP contribution in [0.3, 0.4) is 0 Å². The molecule has 0 aliphatic heterocycles. The first-order valence-electron chi connectivity index (χ1n) is 5.70. The van der Waals surface area contributed by atoms with E-state index in [1.807, 2.05) is 6.92 Å². The zero-order valence-corrected chi connectivity index (χ0v) is 11.9. The summed E-state index contributed by atoms with van der Waals surface area (Å²) in [6.45, 7) is 1.87. The van der Waals surface area contributed by atoms with Gasteiger partial charge in [0.15, 0.2) is 11.6 Å². The number of hydrogen-bond donors (Lipinski definition) is 1. The number of nitrogen functional groups attached to an aromatic ring is 1. The third-order valence-corrected chi connectivity index (χ3v) is 3.99. The molecule has 2 N–H and O–H groups in total. The Balaban J connectivity index is 2.24. The van der Waals surface area contributed by atoms with Crippen molar-refractivity contribution in [3.8, 4) is 21.8 Å². The quantitative estimate of drug-likeness (QED) is 0.772. The minimum atomic E-state index is -0.549. The van der Waals surface area contributed by atoms with Crippen molar-refractivity contribution in [1.29, 1.82) is 0 Å². The van der Waals surface area contributed by atoms with E-state index in [-0.39, 0.29) is 16.4 Å². The van der Waals surface area contributed by atoms with Gasteiger partial charge in [-0.15, -0.1) is 11.3 Å². The van der Waals surface area contributed by atoms with Crippen LogP contribution in [0.15, 0.2) is 28.9 Å². The Morgan fingerprint density at radius 1 is 1.40 bits per heavy atom. The van der Waals surface area contributed by atoms with Crippen LogP contribution in [0.4, 0.5) is 10.2 Å². The van der Waals surface area contributed by atoms with Crippen molar-refractivity contribution in [2.75, 3.05) is 5.73 Å². The largest absolute Gasteiger partial charge is 0.380 e. The summed E-state index contributed by atoms with van der Waals surface area (Å²) < 4.78 is 19.4. The van der Waals surface area contributed by atoms with Gasteiger partial charge in [-0.25, -0.2) is 9.37 Å². The van der Waals surface area contributed by atoms with Crippen LogP contribution >= 0.6 is 22.9 Å². The maximum absolute atomic E-state index is 14.2. The van der Waals surface area contributed by atoms with Gasteiger partial charge < -0.3 is 10.3 Å². The van der Waals surface area contributed by atoms with Crippen LogP contribution < -0.4 is 5.73 Å². The number of hydrogen-bond acceptors (Lipinski definition) is 5. The minimum Gasteiger partial charge on any atom is -0.380 e. The SMILES string of the molecule is Cc1ncc(-c2onc(N)c2-c2cccc(Cl)c2F)s1. The molecule has 2 heterocycles. The van der Waals surface area contributed by atoms with E-state index in [9.17, 15) is 4.39 Å². The molecule has 0 bridgehead atoms. The zero-order chi connectivity index (χ0) is 14.3. The Morgan fingerprint density at radius 2 is 2.20 bits per heavy atom. The highest BCUT2D eigenvalue weighted by atomic mass is 35.5. The van der Waals surface area contributed by atoms with Crippen LogP contribution in [0, 0.1) is 12.7 Å². The molecule has 0 aliphatic rings. The van der Waals surface area contributed by atoms with E-state index in [2.05, 4.69) is 10.1 Å². The lowest BCUT2D eigenvalue weighted by Gasteiger charge is -2.04. The number of aromatic nitrogens is 2. The summed E-state index contributed by atoms with van der Waals surface area (Å²) in [5.41, 5.74) is 6.46. The number of anilines is 1.